The number of benzene rings is 1. The maximum Gasteiger partial charge on any atom is 0.142 e. The third-order valence-electron chi connectivity index (χ3n) is 3.21. The third-order valence-corrected chi connectivity index (χ3v) is 3.51. The van der Waals surface area contributed by atoms with Gasteiger partial charge in [0.1, 0.15) is 5.82 Å². The van der Waals surface area contributed by atoms with Crippen LogP contribution in [0.5, 0.6) is 0 Å². The Hall–Kier alpha value is -0.860. The minimum atomic E-state index is -0.383. The minimum Gasteiger partial charge on any atom is -0.330 e. The van der Waals surface area contributed by atoms with Gasteiger partial charge in [-0.15, -0.1) is 0 Å². The summed E-state index contributed by atoms with van der Waals surface area (Å²) in [6.07, 6.45) is 0.695. The Bertz CT molecular complexity index is 435. The molecule has 1 aromatic rings. The summed E-state index contributed by atoms with van der Waals surface area (Å²) in [5.74, 6) is -0.225. The van der Waals surface area contributed by atoms with E-state index >= 15 is 0 Å². The lowest BCUT2D eigenvalue weighted by atomic mass is 9.77. The van der Waals surface area contributed by atoms with Crippen LogP contribution in [-0.4, -0.2) is 6.54 Å². The second kappa shape index (κ2) is 5.85. The Kier molecular flexibility index (Phi) is 4.94. The Morgan fingerprint density at radius 1 is 1.44 bits per heavy atom. The zero-order valence-corrected chi connectivity index (χ0v) is 12.0. The molecule has 0 amide bonds. The number of rotatable bonds is 4. The fraction of sp³-hybridized carbons (Fsp3) is 0.467. The number of halogens is 2. The highest BCUT2D eigenvalue weighted by Crippen LogP contribution is 2.31. The molecule has 18 heavy (non-hydrogen) atoms. The van der Waals surface area contributed by atoms with E-state index in [1.54, 1.807) is 6.07 Å². The van der Waals surface area contributed by atoms with E-state index < -0.39 is 0 Å². The fourth-order valence-corrected chi connectivity index (χ4v) is 2.03. The van der Waals surface area contributed by atoms with Crippen LogP contribution in [-0.2, 0) is 6.42 Å². The Labute approximate surface area is 114 Å². The van der Waals surface area contributed by atoms with Gasteiger partial charge >= 0.3 is 0 Å². The van der Waals surface area contributed by atoms with Crippen molar-refractivity contribution in [3.8, 4) is 0 Å². The summed E-state index contributed by atoms with van der Waals surface area (Å²) >= 11 is 5.67. The zero-order valence-electron chi connectivity index (χ0n) is 11.3. The lowest BCUT2D eigenvalue weighted by Crippen LogP contribution is -2.25. The van der Waals surface area contributed by atoms with E-state index in [1.807, 2.05) is 6.07 Å². The molecule has 0 saturated carbocycles. The summed E-state index contributed by atoms with van der Waals surface area (Å²) in [6, 6.07) is 4.89. The Morgan fingerprint density at radius 3 is 2.50 bits per heavy atom. The van der Waals surface area contributed by atoms with E-state index in [-0.39, 0.29) is 22.2 Å². The molecule has 0 aliphatic rings. The first kappa shape index (κ1) is 15.2. The highest BCUT2D eigenvalue weighted by atomic mass is 35.5. The lowest BCUT2D eigenvalue weighted by molar-refractivity contribution is 0.424. The van der Waals surface area contributed by atoms with Gasteiger partial charge in [-0.1, -0.05) is 50.6 Å². The summed E-state index contributed by atoms with van der Waals surface area (Å²) in [4.78, 5) is 0. The van der Waals surface area contributed by atoms with Gasteiger partial charge < -0.3 is 5.73 Å². The third kappa shape index (κ3) is 3.82. The topological polar surface area (TPSA) is 26.0 Å². The van der Waals surface area contributed by atoms with Crippen molar-refractivity contribution in [1.29, 1.82) is 0 Å². The molecule has 1 rings (SSSR count). The van der Waals surface area contributed by atoms with Crippen molar-refractivity contribution in [3.63, 3.8) is 0 Å². The molecule has 1 atom stereocenters. The average Bonchev–Trinajstić information content (AvgIpc) is 2.28. The molecule has 3 heteroatoms. The second-order valence-electron chi connectivity index (χ2n) is 5.66. The van der Waals surface area contributed by atoms with Crippen molar-refractivity contribution < 1.29 is 4.39 Å². The predicted octanol–water partition coefficient (Wildman–Crippen LogP) is 4.20. The standard InChI is InChI=1S/C15H21ClFN/c1-10(15(2,3)4)12(9-18)7-11-5-6-13(16)14(17)8-11/h5-6,8,12H,1,7,9,18H2,2-4H3. The number of hydrogen-bond acceptors (Lipinski definition) is 1. The summed E-state index contributed by atoms with van der Waals surface area (Å²) in [5, 5.41) is 0.151. The van der Waals surface area contributed by atoms with Gasteiger partial charge in [-0.3, -0.25) is 0 Å². The van der Waals surface area contributed by atoms with Gasteiger partial charge in [-0.25, -0.2) is 4.39 Å². The number of nitrogens with two attached hydrogens (primary N) is 1. The van der Waals surface area contributed by atoms with E-state index in [1.165, 1.54) is 6.07 Å². The molecule has 1 nitrogen and oxygen atoms in total. The molecular formula is C15H21ClFN. The van der Waals surface area contributed by atoms with Crippen molar-refractivity contribution in [1.82, 2.24) is 0 Å². The molecule has 0 fully saturated rings. The highest BCUT2D eigenvalue weighted by Gasteiger charge is 2.22. The van der Waals surface area contributed by atoms with Crippen molar-refractivity contribution in [2.75, 3.05) is 6.54 Å². The van der Waals surface area contributed by atoms with E-state index in [2.05, 4.69) is 27.4 Å². The van der Waals surface area contributed by atoms with Crippen molar-refractivity contribution >= 4 is 11.6 Å². The van der Waals surface area contributed by atoms with Crippen LogP contribution in [0.1, 0.15) is 26.3 Å². The van der Waals surface area contributed by atoms with Crippen LogP contribution in [0.3, 0.4) is 0 Å². The largest absolute Gasteiger partial charge is 0.330 e. The molecular weight excluding hydrogens is 249 g/mol. The van der Waals surface area contributed by atoms with E-state index in [9.17, 15) is 4.39 Å². The van der Waals surface area contributed by atoms with Gasteiger partial charge in [0.15, 0.2) is 0 Å². The maximum absolute atomic E-state index is 13.4. The van der Waals surface area contributed by atoms with Crippen LogP contribution in [0, 0.1) is 17.2 Å². The smallest absolute Gasteiger partial charge is 0.142 e. The van der Waals surface area contributed by atoms with Crippen molar-refractivity contribution in [3.05, 3.63) is 46.8 Å². The minimum absolute atomic E-state index is 0.00894. The molecule has 0 heterocycles. The molecule has 0 bridgehead atoms. The van der Waals surface area contributed by atoms with E-state index in [0.717, 1.165) is 11.1 Å². The normalized spacial score (nSPS) is 13.4. The summed E-state index contributed by atoms with van der Waals surface area (Å²) in [6.45, 7) is 11.0. The average molecular weight is 270 g/mol. The summed E-state index contributed by atoms with van der Waals surface area (Å²) < 4.78 is 13.4. The monoisotopic (exact) mass is 269 g/mol. The molecule has 0 aliphatic heterocycles. The van der Waals surface area contributed by atoms with E-state index in [4.69, 9.17) is 17.3 Å². The van der Waals surface area contributed by atoms with Crippen molar-refractivity contribution in [2.24, 2.45) is 17.1 Å². The lowest BCUT2D eigenvalue weighted by Gasteiger charge is -2.29. The molecule has 0 aliphatic carbocycles. The quantitative estimate of drug-likeness (QED) is 0.815. The molecule has 1 aromatic carbocycles. The molecule has 1 unspecified atom stereocenters. The highest BCUT2D eigenvalue weighted by molar-refractivity contribution is 6.30. The first-order valence-electron chi connectivity index (χ1n) is 6.09. The maximum atomic E-state index is 13.4. The molecule has 0 saturated heterocycles. The Balaban J connectivity index is 2.86. The molecule has 0 radical (unpaired) electrons. The molecule has 2 N–H and O–H groups in total. The zero-order chi connectivity index (χ0) is 13.9. The molecule has 0 aromatic heterocycles. The van der Waals surface area contributed by atoms with Gasteiger partial charge in [0.25, 0.3) is 0 Å². The van der Waals surface area contributed by atoms with Crippen molar-refractivity contribution in [2.45, 2.75) is 27.2 Å². The van der Waals surface area contributed by atoms with Gasteiger partial charge in [0.05, 0.1) is 5.02 Å². The van der Waals surface area contributed by atoms with Crippen LogP contribution in [0.25, 0.3) is 0 Å². The van der Waals surface area contributed by atoms with E-state index in [0.29, 0.717) is 13.0 Å². The predicted molar refractivity (Wildman–Crippen MR) is 76.3 cm³/mol. The van der Waals surface area contributed by atoms with Crippen LogP contribution < -0.4 is 5.73 Å². The first-order valence-corrected chi connectivity index (χ1v) is 6.46. The first-order chi connectivity index (χ1) is 8.25. The summed E-state index contributed by atoms with van der Waals surface area (Å²) in [5.41, 5.74) is 7.81. The number of hydrogen-bond donors (Lipinski definition) is 1. The SMILES string of the molecule is C=C(C(CN)Cc1ccc(Cl)c(F)c1)C(C)(C)C. The molecule has 0 spiro atoms. The Morgan fingerprint density at radius 2 is 2.06 bits per heavy atom. The van der Waals surface area contributed by atoms with Gasteiger partial charge in [-0.05, 0) is 42.0 Å². The molecule has 100 valence electrons. The summed E-state index contributed by atoms with van der Waals surface area (Å²) in [7, 11) is 0. The van der Waals surface area contributed by atoms with Gasteiger partial charge in [-0.2, -0.15) is 0 Å². The van der Waals surface area contributed by atoms with Crippen LogP contribution in [0.2, 0.25) is 5.02 Å². The fourth-order valence-electron chi connectivity index (χ4n) is 1.91. The second-order valence-corrected chi connectivity index (χ2v) is 6.07. The van der Waals surface area contributed by atoms with Gasteiger partial charge in [0.2, 0.25) is 0 Å². The van der Waals surface area contributed by atoms with Crippen LogP contribution in [0.15, 0.2) is 30.4 Å². The van der Waals surface area contributed by atoms with Crippen LogP contribution >= 0.6 is 11.6 Å². The van der Waals surface area contributed by atoms with Gasteiger partial charge in [0, 0.05) is 0 Å². The van der Waals surface area contributed by atoms with Crippen LogP contribution in [0.4, 0.5) is 4.39 Å².